The Labute approximate surface area is 106 Å². The summed E-state index contributed by atoms with van der Waals surface area (Å²) < 4.78 is 38.9. The van der Waals surface area contributed by atoms with Gasteiger partial charge in [0.15, 0.2) is 0 Å². The fourth-order valence-corrected chi connectivity index (χ4v) is 2.75. The number of rotatable bonds is 6. The van der Waals surface area contributed by atoms with Crippen molar-refractivity contribution in [2.24, 2.45) is 0 Å². The first-order chi connectivity index (χ1) is 7.96. The molecule has 0 spiro atoms. The Balaban J connectivity index is 2.73. The Morgan fingerprint density at radius 2 is 2.06 bits per heavy atom. The third-order valence-corrected chi connectivity index (χ3v) is 3.95. The lowest BCUT2D eigenvalue weighted by atomic mass is 10.2. The summed E-state index contributed by atoms with van der Waals surface area (Å²) in [5.41, 5.74) is 0.587. The molecule has 0 aromatic heterocycles. The lowest BCUT2D eigenvalue weighted by molar-refractivity contribution is 0.597. The molecule has 3 nitrogen and oxygen atoms in total. The summed E-state index contributed by atoms with van der Waals surface area (Å²) in [5.74, 6) is 0.00967. The highest BCUT2D eigenvalue weighted by molar-refractivity contribution is 7.92. The third-order valence-electron chi connectivity index (χ3n) is 2.33. The SMILES string of the molecule is Cc1c(F)cccc1NS(=O)(=O)CCCCCl. The van der Waals surface area contributed by atoms with E-state index in [1.165, 1.54) is 25.1 Å². The van der Waals surface area contributed by atoms with Gasteiger partial charge in [0.1, 0.15) is 5.82 Å². The van der Waals surface area contributed by atoms with Crippen LogP contribution < -0.4 is 4.72 Å². The number of nitrogens with one attached hydrogen (secondary N) is 1. The van der Waals surface area contributed by atoms with Gasteiger partial charge in [-0.15, -0.1) is 11.6 Å². The Hall–Kier alpha value is -0.810. The maximum Gasteiger partial charge on any atom is 0.232 e. The highest BCUT2D eigenvalue weighted by Gasteiger charge is 2.12. The molecule has 0 fully saturated rings. The Bertz CT molecular complexity index is 476. The van der Waals surface area contributed by atoms with Crippen molar-refractivity contribution >= 4 is 27.3 Å². The highest BCUT2D eigenvalue weighted by Crippen LogP contribution is 2.19. The van der Waals surface area contributed by atoms with Crippen LogP contribution in [-0.2, 0) is 10.0 Å². The normalized spacial score (nSPS) is 11.5. The summed E-state index contributed by atoms with van der Waals surface area (Å²) in [7, 11) is -3.42. The van der Waals surface area contributed by atoms with Crippen molar-refractivity contribution in [2.45, 2.75) is 19.8 Å². The molecule has 1 N–H and O–H groups in total. The van der Waals surface area contributed by atoms with Gasteiger partial charge in [0.2, 0.25) is 10.0 Å². The van der Waals surface area contributed by atoms with E-state index in [4.69, 9.17) is 11.6 Å². The van der Waals surface area contributed by atoms with Crippen LogP contribution in [0.5, 0.6) is 0 Å². The zero-order valence-electron chi connectivity index (χ0n) is 9.54. The minimum Gasteiger partial charge on any atom is -0.283 e. The van der Waals surface area contributed by atoms with Gasteiger partial charge in [-0.1, -0.05) is 6.07 Å². The van der Waals surface area contributed by atoms with E-state index in [1.54, 1.807) is 0 Å². The Morgan fingerprint density at radius 3 is 2.71 bits per heavy atom. The molecule has 0 saturated heterocycles. The van der Waals surface area contributed by atoms with Crippen molar-refractivity contribution in [2.75, 3.05) is 16.4 Å². The second kappa shape index (κ2) is 6.21. The number of hydrogen-bond donors (Lipinski definition) is 1. The molecule has 0 aliphatic heterocycles. The van der Waals surface area contributed by atoms with E-state index in [9.17, 15) is 12.8 Å². The van der Waals surface area contributed by atoms with Crippen LogP contribution in [0.15, 0.2) is 18.2 Å². The number of sulfonamides is 1. The van der Waals surface area contributed by atoms with Crippen molar-refractivity contribution < 1.29 is 12.8 Å². The molecule has 0 radical (unpaired) electrons. The summed E-state index contributed by atoms with van der Waals surface area (Å²) in [5, 5.41) is 0. The second-order valence-corrected chi connectivity index (χ2v) is 5.95. The van der Waals surface area contributed by atoms with E-state index in [0.717, 1.165) is 0 Å². The van der Waals surface area contributed by atoms with Crippen molar-refractivity contribution in [1.82, 2.24) is 0 Å². The van der Waals surface area contributed by atoms with Crippen LogP contribution in [0.2, 0.25) is 0 Å². The predicted molar refractivity (Wildman–Crippen MR) is 68.5 cm³/mol. The van der Waals surface area contributed by atoms with Crippen LogP contribution in [0.3, 0.4) is 0 Å². The number of anilines is 1. The Kier molecular flexibility index (Phi) is 5.21. The van der Waals surface area contributed by atoms with Crippen LogP contribution in [0.4, 0.5) is 10.1 Å². The number of benzene rings is 1. The molecular weight excluding hydrogens is 265 g/mol. The molecule has 0 aliphatic rings. The topological polar surface area (TPSA) is 46.2 Å². The lowest BCUT2D eigenvalue weighted by Gasteiger charge is -2.10. The first-order valence-corrected chi connectivity index (χ1v) is 7.46. The minimum absolute atomic E-state index is 0.00429. The molecule has 1 rings (SSSR count). The predicted octanol–water partition coefficient (Wildman–Crippen LogP) is 2.89. The smallest absolute Gasteiger partial charge is 0.232 e. The van der Waals surface area contributed by atoms with E-state index >= 15 is 0 Å². The molecule has 96 valence electrons. The Morgan fingerprint density at radius 1 is 1.35 bits per heavy atom. The van der Waals surface area contributed by atoms with Crippen molar-refractivity contribution in [3.63, 3.8) is 0 Å². The van der Waals surface area contributed by atoms with Crippen LogP contribution in [0.1, 0.15) is 18.4 Å². The fraction of sp³-hybridized carbons (Fsp3) is 0.455. The molecule has 1 aromatic carbocycles. The number of halogens is 2. The van der Waals surface area contributed by atoms with E-state index in [0.29, 0.717) is 24.3 Å². The molecule has 0 unspecified atom stereocenters. The van der Waals surface area contributed by atoms with Crippen LogP contribution >= 0.6 is 11.6 Å². The molecule has 1 aromatic rings. The summed E-state index contributed by atoms with van der Waals surface area (Å²) in [4.78, 5) is 0. The largest absolute Gasteiger partial charge is 0.283 e. The van der Waals surface area contributed by atoms with Gasteiger partial charge in [0.25, 0.3) is 0 Å². The van der Waals surface area contributed by atoms with E-state index in [1.807, 2.05) is 0 Å². The fourth-order valence-electron chi connectivity index (χ4n) is 1.32. The van der Waals surface area contributed by atoms with Gasteiger partial charge in [-0.2, -0.15) is 0 Å². The molecule has 17 heavy (non-hydrogen) atoms. The molecule has 0 atom stereocenters. The molecule has 0 heterocycles. The van der Waals surface area contributed by atoms with Gasteiger partial charge >= 0.3 is 0 Å². The third kappa shape index (κ3) is 4.52. The number of hydrogen-bond acceptors (Lipinski definition) is 2. The standard InChI is InChI=1S/C11H15ClFNO2S/c1-9-10(13)5-4-6-11(9)14-17(15,16)8-3-2-7-12/h4-6,14H,2-3,7-8H2,1H3. The van der Waals surface area contributed by atoms with Crippen molar-refractivity contribution in [3.8, 4) is 0 Å². The first-order valence-electron chi connectivity index (χ1n) is 5.28. The van der Waals surface area contributed by atoms with E-state index in [-0.39, 0.29) is 11.4 Å². The van der Waals surface area contributed by atoms with Gasteiger partial charge in [0.05, 0.1) is 11.4 Å². The van der Waals surface area contributed by atoms with Crippen LogP contribution in [0, 0.1) is 12.7 Å². The quantitative estimate of drug-likeness (QED) is 0.643. The van der Waals surface area contributed by atoms with Gasteiger partial charge in [0, 0.05) is 11.4 Å². The zero-order valence-corrected chi connectivity index (χ0v) is 11.1. The zero-order chi connectivity index (χ0) is 12.9. The summed E-state index contributed by atoms with van der Waals surface area (Å²) >= 11 is 5.47. The molecule has 0 amide bonds. The summed E-state index contributed by atoms with van der Waals surface area (Å²) in [6, 6.07) is 4.30. The van der Waals surface area contributed by atoms with Crippen LogP contribution in [-0.4, -0.2) is 20.1 Å². The summed E-state index contributed by atoms with van der Waals surface area (Å²) in [6.45, 7) is 1.53. The first kappa shape index (κ1) is 14.3. The minimum atomic E-state index is -3.42. The van der Waals surface area contributed by atoms with Gasteiger partial charge in [-0.05, 0) is 31.9 Å². The molecular formula is C11H15ClFNO2S. The second-order valence-electron chi connectivity index (χ2n) is 3.73. The van der Waals surface area contributed by atoms with Gasteiger partial charge in [-0.25, -0.2) is 12.8 Å². The number of unbranched alkanes of at least 4 members (excludes halogenated alkanes) is 1. The molecule has 0 aliphatic carbocycles. The molecule has 6 heteroatoms. The van der Waals surface area contributed by atoms with Gasteiger partial charge < -0.3 is 0 Å². The summed E-state index contributed by atoms with van der Waals surface area (Å²) in [6.07, 6.45) is 1.14. The molecule has 0 saturated carbocycles. The van der Waals surface area contributed by atoms with Gasteiger partial charge in [-0.3, -0.25) is 4.72 Å². The average Bonchev–Trinajstić information content (AvgIpc) is 2.25. The highest BCUT2D eigenvalue weighted by atomic mass is 35.5. The maximum atomic E-state index is 13.2. The molecule has 0 bridgehead atoms. The van der Waals surface area contributed by atoms with Crippen molar-refractivity contribution in [3.05, 3.63) is 29.6 Å². The van der Waals surface area contributed by atoms with E-state index in [2.05, 4.69) is 4.72 Å². The lowest BCUT2D eigenvalue weighted by Crippen LogP contribution is -2.17. The maximum absolute atomic E-state index is 13.2. The average molecular weight is 280 g/mol. The van der Waals surface area contributed by atoms with Crippen molar-refractivity contribution in [1.29, 1.82) is 0 Å². The number of alkyl halides is 1. The van der Waals surface area contributed by atoms with E-state index < -0.39 is 15.8 Å². The monoisotopic (exact) mass is 279 g/mol. The van der Waals surface area contributed by atoms with Crippen LogP contribution in [0.25, 0.3) is 0 Å².